The number of aryl methyl sites for hydroxylation is 1. The van der Waals surface area contributed by atoms with Crippen LogP contribution < -0.4 is 5.73 Å². The molecule has 2 saturated carbocycles. The van der Waals surface area contributed by atoms with Crippen molar-refractivity contribution in [3.63, 3.8) is 0 Å². The Labute approximate surface area is 176 Å². The second-order valence-corrected chi connectivity index (χ2v) is 9.81. The Morgan fingerprint density at radius 2 is 2.03 bits per heavy atom. The number of halogens is 1. The van der Waals surface area contributed by atoms with Crippen LogP contribution in [0.1, 0.15) is 36.0 Å². The van der Waals surface area contributed by atoms with Crippen LogP contribution in [0.2, 0.25) is 0 Å². The summed E-state index contributed by atoms with van der Waals surface area (Å²) in [6, 6.07) is 11.7. The van der Waals surface area contributed by atoms with E-state index < -0.39 is 0 Å². The van der Waals surface area contributed by atoms with Crippen molar-refractivity contribution in [2.24, 2.45) is 21.6 Å². The molecule has 3 spiro atoms. The molecule has 156 valence electrons. The number of aliphatic imine (C=N–C) groups is 1. The van der Waals surface area contributed by atoms with Gasteiger partial charge in [-0.25, -0.2) is 9.38 Å². The second-order valence-electron chi connectivity index (χ2n) is 9.81. The summed E-state index contributed by atoms with van der Waals surface area (Å²) in [7, 11) is 3.87. The topological polar surface area (TPSA) is 50.9 Å². The third kappa shape index (κ3) is 1.89. The third-order valence-electron chi connectivity index (χ3n) is 8.72. The molecule has 1 aliphatic heterocycles. The van der Waals surface area contributed by atoms with Crippen LogP contribution in [0.25, 0.3) is 11.1 Å². The Bertz CT molecular complexity index is 1110. The van der Waals surface area contributed by atoms with Crippen molar-refractivity contribution in [3.05, 3.63) is 58.9 Å². The summed E-state index contributed by atoms with van der Waals surface area (Å²) >= 11 is 0. The van der Waals surface area contributed by atoms with E-state index in [2.05, 4.69) is 23.1 Å². The number of benzene rings is 2. The Morgan fingerprint density at radius 3 is 2.83 bits per heavy atom. The highest BCUT2D eigenvalue weighted by Crippen LogP contribution is 2.89. The van der Waals surface area contributed by atoms with Crippen LogP contribution >= 0.6 is 0 Å². The monoisotopic (exact) mass is 405 g/mol. The highest BCUT2D eigenvalue weighted by Gasteiger charge is 2.91. The van der Waals surface area contributed by atoms with Crippen LogP contribution in [-0.4, -0.2) is 37.7 Å². The lowest BCUT2D eigenvalue weighted by Crippen LogP contribution is -2.47. The van der Waals surface area contributed by atoms with Crippen molar-refractivity contribution in [1.29, 1.82) is 0 Å². The van der Waals surface area contributed by atoms with Crippen LogP contribution in [0.5, 0.6) is 0 Å². The summed E-state index contributed by atoms with van der Waals surface area (Å²) in [5.41, 5.74) is 12.1. The van der Waals surface area contributed by atoms with Crippen molar-refractivity contribution in [2.45, 2.75) is 44.2 Å². The molecular formula is C25H28FN3O. The Kier molecular flexibility index (Phi) is 3.45. The van der Waals surface area contributed by atoms with Gasteiger partial charge in [0.15, 0.2) is 5.96 Å². The Balaban J connectivity index is 1.55. The van der Waals surface area contributed by atoms with E-state index in [9.17, 15) is 4.39 Å². The molecule has 5 heteroatoms. The van der Waals surface area contributed by atoms with Gasteiger partial charge in [-0.2, -0.15) is 0 Å². The Hall–Kier alpha value is -2.40. The molecular weight excluding hydrogens is 377 g/mol. The highest BCUT2D eigenvalue weighted by atomic mass is 19.1. The molecule has 4 aliphatic rings. The van der Waals surface area contributed by atoms with Crippen molar-refractivity contribution in [2.75, 3.05) is 20.7 Å². The fraction of sp³-hybridized carbons (Fsp3) is 0.480. The van der Waals surface area contributed by atoms with Gasteiger partial charge in [-0.15, -0.1) is 0 Å². The molecule has 1 heterocycles. The largest absolute Gasteiger partial charge is 0.381 e. The van der Waals surface area contributed by atoms with E-state index in [0.29, 0.717) is 5.96 Å². The zero-order valence-corrected chi connectivity index (χ0v) is 17.8. The minimum Gasteiger partial charge on any atom is -0.381 e. The van der Waals surface area contributed by atoms with Crippen LogP contribution in [0.4, 0.5) is 4.39 Å². The van der Waals surface area contributed by atoms with Gasteiger partial charge in [0.1, 0.15) is 11.4 Å². The number of hydrogen-bond donors (Lipinski definition) is 1. The van der Waals surface area contributed by atoms with Gasteiger partial charge in [0.25, 0.3) is 0 Å². The molecule has 4 unspecified atom stereocenters. The summed E-state index contributed by atoms with van der Waals surface area (Å²) in [5.74, 6) is 0.426. The molecule has 2 fully saturated rings. The number of fused-ring (bicyclic) bond motifs is 1. The number of rotatable bonds is 2. The lowest BCUT2D eigenvalue weighted by molar-refractivity contribution is 0.0214. The minimum absolute atomic E-state index is 0.0686. The molecule has 2 N–H and O–H groups in total. The minimum atomic E-state index is -0.267. The summed E-state index contributed by atoms with van der Waals surface area (Å²) in [4.78, 5) is 7.35. The van der Waals surface area contributed by atoms with E-state index in [1.807, 2.05) is 27.1 Å². The van der Waals surface area contributed by atoms with Crippen LogP contribution in [0, 0.1) is 23.6 Å². The molecule has 0 aromatic heterocycles. The summed E-state index contributed by atoms with van der Waals surface area (Å²) in [5, 5.41) is 0. The first-order valence-corrected chi connectivity index (χ1v) is 10.9. The molecule has 6 rings (SSSR count). The number of nitrogens with zero attached hydrogens (tertiary/aromatic N) is 2. The number of hydrogen-bond acceptors (Lipinski definition) is 4. The third-order valence-corrected chi connectivity index (χ3v) is 8.72. The van der Waals surface area contributed by atoms with Crippen molar-refractivity contribution in [1.82, 2.24) is 4.90 Å². The lowest BCUT2D eigenvalue weighted by atomic mass is 9.73. The molecule has 4 nitrogen and oxygen atoms in total. The molecule has 30 heavy (non-hydrogen) atoms. The first kappa shape index (κ1) is 18.4. The van der Waals surface area contributed by atoms with Gasteiger partial charge in [-0.05, 0) is 78.6 Å². The SMILES string of the molecule is COC1CCC23Cc4ccc(-c5cc(F)ccc5C)cc4C24N=C(N)N(C)CC34C1. The maximum absolute atomic E-state index is 14.0. The highest BCUT2D eigenvalue weighted by molar-refractivity contribution is 5.83. The molecule has 3 aliphatic carbocycles. The first-order valence-electron chi connectivity index (χ1n) is 10.9. The first-order chi connectivity index (χ1) is 14.4. The quantitative estimate of drug-likeness (QED) is 0.822. The van der Waals surface area contributed by atoms with Gasteiger partial charge < -0.3 is 15.4 Å². The average molecular weight is 406 g/mol. The molecule has 4 atom stereocenters. The van der Waals surface area contributed by atoms with E-state index >= 15 is 0 Å². The van der Waals surface area contributed by atoms with Gasteiger partial charge in [-0.3, -0.25) is 0 Å². The number of nitrogens with two attached hydrogens (primary N) is 1. The fourth-order valence-electron chi connectivity index (χ4n) is 7.40. The number of methoxy groups -OCH3 is 1. The molecule has 0 amide bonds. The van der Waals surface area contributed by atoms with Gasteiger partial charge in [0.2, 0.25) is 0 Å². The van der Waals surface area contributed by atoms with Gasteiger partial charge in [0.05, 0.1) is 6.10 Å². The summed E-state index contributed by atoms with van der Waals surface area (Å²) < 4.78 is 19.8. The normalized spacial score (nSPS) is 35.8. The molecule has 2 aromatic rings. The van der Waals surface area contributed by atoms with Crippen LogP contribution in [0.15, 0.2) is 41.4 Å². The van der Waals surface area contributed by atoms with Crippen LogP contribution in [0.3, 0.4) is 0 Å². The van der Waals surface area contributed by atoms with E-state index in [1.165, 1.54) is 17.2 Å². The smallest absolute Gasteiger partial charge is 0.191 e. The van der Waals surface area contributed by atoms with Crippen LogP contribution in [-0.2, 0) is 16.7 Å². The molecule has 2 aromatic carbocycles. The van der Waals surface area contributed by atoms with Gasteiger partial charge >= 0.3 is 0 Å². The lowest BCUT2D eigenvalue weighted by Gasteiger charge is -2.39. The number of guanidine groups is 1. The molecule has 0 saturated heterocycles. The number of ether oxygens (including phenoxy) is 1. The molecule has 0 bridgehead atoms. The summed E-state index contributed by atoms with van der Waals surface area (Å²) in [6.07, 6.45) is 4.53. The predicted molar refractivity (Wildman–Crippen MR) is 116 cm³/mol. The zero-order valence-electron chi connectivity index (χ0n) is 17.8. The zero-order chi connectivity index (χ0) is 20.9. The predicted octanol–water partition coefficient (Wildman–Crippen LogP) is 4.00. The fourth-order valence-corrected chi connectivity index (χ4v) is 7.40. The summed E-state index contributed by atoms with van der Waals surface area (Å²) in [6.45, 7) is 2.96. The maximum atomic E-state index is 14.0. The average Bonchev–Trinajstić information content (AvgIpc) is 3.10. The molecule has 0 radical (unpaired) electrons. The van der Waals surface area contributed by atoms with Crippen molar-refractivity contribution in [3.8, 4) is 11.1 Å². The van der Waals surface area contributed by atoms with Crippen molar-refractivity contribution < 1.29 is 9.13 Å². The van der Waals surface area contributed by atoms with E-state index in [1.54, 1.807) is 6.07 Å². The Morgan fingerprint density at radius 1 is 1.20 bits per heavy atom. The van der Waals surface area contributed by atoms with Crippen molar-refractivity contribution >= 4 is 5.96 Å². The van der Waals surface area contributed by atoms with E-state index in [-0.39, 0.29) is 28.3 Å². The standard InChI is InChI=1S/C25H28FN3O/c1-15-4-7-18(26)11-20(15)16-5-6-17-12-23-9-8-19(30-3)13-24(23)14-29(2)22(27)28-25(23,24)21(17)10-16/h4-7,10-11,19H,8-9,12-14H2,1-3H3,(H2,27,28). The van der Waals surface area contributed by atoms with E-state index in [0.717, 1.165) is 48.9 Å². The van der Waals surface area contributed by atoms with Gasteiger partial charge in [-0.1, -0.05) is 18.2 Å². The maximum Gasteiger partial charge on any atom is 0.191 e. The van der Waals surface area contributed by atoms with E-state index in [4.69, 9.17) is 15.5 Å². The second kappa shape index (κ2) is 5.64. The van der Waals surface area contributed by atoms with Gasteiger partial charge in [0, 0.05) is 31.5 Å².